The second-order valence-electron chi connectivity index (χ2n) is 1.44. The van der Waals surface area contributed by atoms with Gasteiger partial charge in [0.15, 0.2) is 5.11 Å². The van der Waals surface area contributed by atoms with Gasteiger partial charge in [0.2, 0.25) is 0 Å². The second-order valence-corrected chi connectivity index (χ2v) is 1.82. The van der Waals surface area contributed by atoms with Crippen molar-refractivity contribution in [3.8, 4) is 0 Å². The Labute approximate surface area is 51.8 Å². The molecular weight excluding hydrogens is 126 g/mol. The summed E-state index contributed by atoms with van der Waals surface area (Å²) in [6, 6.07) is 0. The Kier molecular flexibility index (Phi) is 1.38. The summed E-state index contributed by atoms with van der Waals surface area (Å²) >= 11 is 4.66. The molecule has 1 saturated heterocycles. The molecule has 1 aliphatic rings. The lowest BCUT2D eigenvalue weighted by Gasteiger charge is -2.00. The molecule has 1 aliphatic heterocycles. The van der Waals surface area contributed by atoms with Gasteiger partial charge in [-0.25, -0.2) is 5.01 Å². The van der Waals surface area contributed by atoms with E-state index in [1.807, 2.05) is 0 Å². The zero-order chi connectivity index (χ0) is 5.98. The number of hydrogen-bond donors (Lipinski definition) is 1. The second kappa shape index (κ2) is 2.04. The molecule has 0 aromatic rings. The van der Waals surface area contributed by atoms with Crippen molar-refractivity contribution in [2.75, 3.05) is 13.1 Å². The molecule has 1 fully saturated rings. The van der Waals surface area contributed by atoms with Crippen LogP contribution in [0.1, 0.15) is 0 Å². The van der Waals surface area contributed by atoms with E-state index in [2.05, 4.69) is 22.8 Å². The standard InChI is InChI=1S/C3H5N3OS/c7-5-6-2-1-4-3(6)8/h1-2H2,(H,4,8). The summed E-state index contributed by atoms with van der Waals surface area (Å²) in [5.74, 6) is 0. The van der Waals surface area contributed by atoms with E-state index in [9.17, 15) is 4.91 Å². The lowest BCUT2D eigenvalue weighted by molar-refractivity contribution is 0.495. The first-order valence-corrected chi connectivity index (χ1v) is 2.64. The summed E-state index contributed by atoms with van der Waals surface area (Å²) in [5, 5.41) is 7.08. The highest BCUT2D eigenvalue weighted by Gasteiger charge is 2.14. The minimum absolute atomic E-state index is 0.431. The van der Waals surface area contributed by atoms with Crippen LogP contribution in [0.2, 0.25) is 0 Å². The maximum absolute atomic E-state index is 9.77. The summed E-state index contributed by atoms with van der Waals surface area (Å²) in [6.07, 6.45) is 0. The Hall–Kier alpha value is -0.710. The van der Waals surface area contributed by atoms with Crippen molar-refractivity contribution in [2.24, 2.45) is 5.29 Å². The van der Waals surface area contributed by atoms with Gasteiger partial charge in [0.05, 0.1) is 11.8 Å². The SMILES string of the molecule is O=NN1CCNC1=S. The largest absolute Gasteiger partial charge is 0.359 e. The first-order valence-electron chi connectivity index (χ1n) is 2.23. The fourth-order valence-electron chi connectivity index (χ4n) is 0.539. The van der Waals surface area contributed by atoms with Gasteiger partial charge < -0.3 is 5.32 Å². The summed E-state index contributed by atoms with van der Waals surface area (Å²) in [5.41, 5.74) is 0. The molecule has 5 heteroatoms. The molecule has 44 valence electrons. The first kappa shape index (κ1) is 5.43. The minimum Gasteiger partial charge on any atom is -0.359 e. The lowest BCUT2D eigenvalue weighted by Crippen LogP contribution is -2.21. The van der Waals surface area contributed by atoms with Gasteiger partial charge in [-0.15, -0.1) is 4.91 Å². The maximum Gasteiger partial charge on any atom is 0.192 e. The van der Waals surface area contributed by atoms with E-state index in [0.717, 1.165) is 6.54 Å². The molecule has 0 aromatic carbocycles. The third-order valence-electron chi connectivity index (χ3n) is 0.933. The zero-order valence-corrected chi connectivity index (χ0v) is 4.94. The Balaban J connectivity index is 2.54. The Morgan fingerprint density at radius 2 is 2.62 bits per heavy atom. The van der Waals surface area contributed by atoms with E-state index in [-0.39, 0.29) is 0 Å². The van der Waals surface area contributed by atoms with E-state index in [1.165, 1.54) is 5.01 Å². The fourth-order valence-corrected chi connectivity index (χ4v) is 0.766. The van der Waals surface area contributed by atoms with Gasteiger partial charge in [-0.2, -0.15) is 0 Å². The van der Waals surface area contributed by atoms with E-state index in [1.54, 1.807) is 0 Å². The van der Waals surface area contributed by atoms with Gasteiger partial charge in [-0.1, -0.05) is 0 Å². The highest BCUT2D eigenvalue weighted by molar-refractivity contribution is 7.80. The van der Waals surface area contributed by atoms with Gasteiger partial charge in [-0.3, -0.25) is 0 Å². The molecule has 0 aliphatic carbocycles. The lowest BCUT2D eigenvalue weighted by atomic mass is 10.7. The molecule has 0 spiro atoms. The minimum atomic E-state index is 0.431. The zero-order valence-electron chi connectivity index (χ0n) is 4.13. The molecule has 1 rings (SSSR count). The average molecular weight is 131 g/mol. The van der Waals surface area contributed by atoms with Crippen molar-refractivity contribution in [1.82, 2.24) is 10.3 Å². The van der Waals surface area contributed by atoms with Crippen LogP contribution in [-0.4, -0.2) is 23.2 Å². The summed E-state index contributed by atoms with van der Waals surface area (Å²) in [7, 11) is 0. The maximum atomic E-state index is 9.77. The molecule has 0 saturated carbocycles. The van der Waals surface area contributed by atoms with Crippen molar-refractivity contribution in [2.45, 2.75) is 0 Å². The highest BCUT2D eigenvalue weighted by atomic mass is 32.1. The molecule has 0 radical (unpaired) electrons. The van der Waals surface area contributed by atoms with Gasteiger partial charge in [0.1, 0.15) is 0 Å². The Morgan fingerprint density at radius 1 is 1.88 bits per heavy atom. The van der Waals surface area contributed by atoms with E-state index < -0.39 is 0 Å². The topological polar surface area (TPSA) is 44.7 Å². The number of nitrogens with one attached hydrogen (secondary N) is 1. The van der Waals surface area contributed by atoms with Crippen LogP contribution >= 0.6 is 12.2 Å². The van der Waals surface area contributed by atoms with Crippen molar-refractivity contribution in [3.05, 3.63) is 4.91 Å². The Bertz CT molecular complexity index is 126. The molecule has 0 bridgehead atoms. The van der Waals surface area contributed by atoms with Gasteiger partial charge in [0.25, 0.3) is 0 Å². The van der Waals surface area contributed by atoms with Crippen LogP contribution in [0.4, 0.5) is 0 Å². The molecule has 1 heterocycles. The number of nitroso groups, excluding NO2 is 1. The van der Waals surface area contributed by atoms with Gasteiger partial charge >= 0.3 is 0 Å². The van der Waals surface area contributed by atoms with Crippen LogP contribution in [0, 0.1) is 4.91 Å². The van der Waals surface area contributed by atoms with E-state index >= 15 is 0 Å². The molecule has 0 atom stereocenters. The van der Waals surface area contributed by atoms with E-state index in [4.69, 9.17) is 0 Å². The Morgan fingerprint density at radius 3 is 2.88 bits per heavy atom. The number of rotatable bonds is 1. The third-order valence-corrected chi connectivity index (χ3v) is 1.29. The van der Waals surface area contributed by atoms with Crippen molar-refractivity contribution < 1.29 is 0 Å². The molecule has 8 heavy (non-hydrogen) atoms. The predicted octanol–water partition coefficient (Wildman–Crippen LogP) is -0.142. The van der Waals surface area contributed by atoms with E-state index in [0.29, 0.717) is 11.7 Å². The van der Waals surface area contributed by atoms with Crippen molar-refractivity contribution in [1.29, 1.82) is 0 Å². The average Bonchev–Trinajstić information content (AvgIpc) is 2.14. The molecule has 4 nitrogen and oxygen atoms in total. The van der Waals surface area contributed by atoms with Crippen LogP contribution in [-0.2, 0) is 0 Å². The summed E-state index contributed by atoms with van der Waals surface area (Å²) in [6.45, 7) is 1.33. The van der Waals surface area contributed by atoms with Crippen LogP contribution in [0.3, 0.4) is 0 Å². The summed E-state index contributed by atoms with van der Waals surface area (Å²) < 4.78 is 0. The van der Waals surface area contributed by atoms with Crippen molar-refractivity contribution >= 4 is 17.3 Å². The number of hydrogen-bond acceptors (Lipinski definition) is 3. The van der Waals surface area contributed by atoms with Crippen LogP contribution < -0.4 is 5.32 Å². The van der Waals surface area contributed by atoms with Crippen molar-refractivity contribution in [3.63, 3.8) is 0 Å². The number of thiocarbonyl (C=S) groups is 1. The van der Waals surface area contributed by atoms with Crippen LogP contribution in [0.25, 0.3) is 0 Å². The fraction of sp³-hybridized carbons (Fsp3) is 0.667. The molecular formula is C3H5N3OS. The molecule has 0 amide bonds. The number of nitrogens with zero attached hydrogens (tertiary/aromatic N) is 2. The van der Waals surface area contributed by atoms with Gasteiger partial charge in [-0.05, 0) is 12.2 Å². The quantitative estimate of drug-likeness (QED) is 0.397. The predicted molar refractivity (Wildman–Crippen MR) is 33.1 cm³/mol. The molecule has 1 N–H and O–H groups in total. The van der Waals surface area contributed by atoms with Crippen LogP contribution in [0.15, 0.2) is 5.29 Å². The first-order chi connectivity index (χ1) is 3.84. The highest BCUT2D eigenvalue weighted by Crippen LogP contribution is 1.94. The monoisotopic (exact) mass is 131 g/mol. The normalized spacial score (nSPS) is 18.5. The smallest absolute Gasteiger partial charge is 0.192 e. The molecule has 0 unspecified atom stereocenters. The summed E-state index contributed by atoms with van der Waals surface area (Å²) in [4.78, 5) is 9.77. The molecule has 0 aromatic heterocycles. The van der Waals surface area contributed by atoms with Crippen LogP contribution in [0.5, 0.6) is 0 Å². The third kappa shape index (κ3) is 0.764. The van der Waals surface area contributed by atoms with Gasteiger partial charge in [0, 0.05) is 6.54 Å².